The number of rotatable bonds is 7. The number of carbonyl (C=O) groups is 1. The van der Waals surface area contributed by atoms with Crippen molar-refractivity contribution >= 4 is 21.6 Å². The van der Waals surface area contributed by atoms with Crippen LogP contribution in [0.4, 0.5) is 5.69 Å². The van der Waals surface area contributed by atoms with E-state index in [0.29, 0.717) is 6.54 Å². The van der Waals surface area contributed by atoms with Crippen molar-refractivity contribution in [3.05, 3.63) is 41.3 Å². The van der Waals surface area contributed by atoms with E-state index in [4.69, 9.17) is 4.52 Å². The van der Waals surface area contributed by atoms with Crippen LogP contribution < -0.4 is 9.62 Å². The molecule has 0 aliphatic carbocycles. The molecule has 0 spiro atoms. The second-order valence-corrected chi connectivity index (χ2v) is 7.99. The molecule has 0 saturated heterocycles. The maximum atomic E-state index is 12.3. The number of nitrogens with one attached hydrogen (secondary N) is 1. The van der Waals surface area contributed by atoms with Gasteiger partial charge in [0.1, 0.15) is 10.6 Å². The Bertz CT molecular complexity index is 853. The van der Waals surface area contributed by atoms with Crippen LogP contribution in [0.1, 0.15) is 17.0 Å². The molecule has 0 bridgehead atoms. The molecule has 0 radical (unpaired) electrons. The van der Waals surface area contributed by atoms with Crippen molar-refractivity contribution in [1.82, 2.24) is 14.8 Å². The molecular formula is C17H24N4O4S. The maximum absolute atomic E-state index is 12.3. The summed E-state index contributed by atoms with van der Waals surface area (Å²) in [5, 5.41) is 3.63. The number of aromatic nitrogens is 1. The standard InChI is InChI=1S/C17H24N4O4S/c1-12-17(13(2)25-19-12)26(23,24)18-10-16(22)21(5)11-14-6-8-15(9-7-14)20(3)4/h6-9,18H,10-11H2,1-5H3. The Hall–Kier alpha value is -2.39. The van der Waals surface area contributed by atoms with Crippen molar-refractivity contribution in [3.63, 3.8) is 0 Å². The van der Waals surface area contributed by atoms with Crippen LogP contribution in [0, 0.1) is 13.8 Å². The summed E-state index contributed by atoms with van der Waals surface area (Å²) in [6.45, 7) is 3.11. The van der Waals surface area contributed by atoms with Crippen LogP contribution in [0.15, 0.2) is 33.7 Å². The molecule has 0 aliphatic rings. The molecular weight excluding hydrogens is 356 g/mol. The summed E-state index contributed by atoms with van der Waals surface area (Å²) in [5.74, 6) is -0.145. The van der Waals surface area contributed by atoms with Gasteiger partial charge in [-0.1, -0.05) is 17.3 Å². The molecule has 0 aliphatic heterocycles. The van der Waals surface area contributed by atoms with Crippen LogP contribution in [0.5, 0.6) is 0 Å². The van der Waals surface area contributed by atoms with Crippen LogP contribution in [-0.4, -0.2) is 52.1 Å². The minimum Gasteiger partial charge on any atom is -0.378 e. The number of likely N-dealkylation sites (N-methyl/N-ethyl adjacent to an activating group) is 1. The topological polar surface area (TPSA) is 95.8 Å². The van der Waals surface area contributed by atoms with Crippen LogP contribution in [0.25, 0.3) is 0 Å². The zero-order valence-electron chi connectivity index (χ0n) is 15.6. The highest BCUT2D eigenvalue weighted by molar-refractivity contribution is 7.89. The zero-order chi connectivity index (χ0) is 19.5. The highest BCUT2D eigenvalue weighted by Crippen LogP contribution is 2.18. The van der Waals surface area contributed by atoms with E-state index in [2.05, 4.69) is 9.88 Å². The fourth-order valence-corrected chi connectivity index (χ4v) is 3.78. The van der Waals surface area contributed by atoms with Crippen molar-refractivity contribution in [2.45, 2.75) is 25.3 Å². The van der Waals surface area contributed by atoms with Crippen molar-refractivity contribution in [1.29, 1.82) is 0 Å². The summed E-state index contributed by atoms with van der Waals surface area (Å²) in [6, 6.07) is 7.81. The summed E-state index contributed by atoms with van der Waals surface area (Å²) in [6.07, 6.45) is 0. The number of hydrogen-bond acceptors (Lipinski definition) is 6. The van der Waals surface area contributed by atoms with Crippen LogP contribution in [-0.2, 0) is 21.4 Å². The minimum atomic E-state index is -3.85. The summed E-state index contributed by atoms with van der Waals surface area (Å²) in [7, 11) is 1.69. The molecule has 0 saturated carbocycles. The predicted octanol–water partition coefficient (Wildman–Crippen LogP) is 1.29. The summed E-state index contributed by atoms with van der Waals surface area (Å²) in [4.78, 5) is 15.7. The third kappa shape index (κ3) is 4.61. The molecule has 1 amide bonds. The van der Waals surface area contributed by atoms with E-state index >= 15 is 0 Å². The van der Waals surface area contributed by atoms with Gasteiger partial charge in [-0.25, -0.2) is 13.1 Å². The van der Waals surface area contributed by atoms with Crippen molar-refractivity contribution < 1.29 is 17.7 Å². The first-order chi connectivity index (χ1) is 12.1. The summed E-state index contributed by atoms with van der Waals surface area (Å²) >= 11 is 0. The fourth-order valence-electron chi connectivity index (χ4n) is 2.48. The molecule has 26 heavy (non-hydrogen) atoms. The van der Waals surface area contributed by atoms with Gasteiger partial charge >= 0.3 is 0 Å². The van der Waals surface area contributed by atoms with Crippen molar-refractivity contribution in [3.8, 4) is 0 Å². The lowest BCUT2D eigenvalue weighted by molar-refractivity contribution is -0.129. The Labute approximate surface area is 153 Å². The Balaban J connectivity index is 1.97. The number of amides is 1. The van der Waals surface area contributed by atoms with E-state index in [1.807, 2.05) is 43.3 Å². The zero-order valence-corrected chi connectivity index (χ0v) is 16.4. The molecule has 1 N–H and O–H groups in total. The first-order valence-corrected chi connectivity index (χ1v) is 9.53. The lowest BCUT2D eigenvalue weighted by Crippen LogP contribution is -2.38. The van der Waals surface area contributed by atoms with Gasteiger partial charge in [-0.15, -0.1) is 0 Å². The predicted molar refractivity (Wildman–Crippen MR) is 98.4 cm³/mol. The quantitative estimate of drug-likeness (QED) is 0.778. The largest absolute Gasteiger partial charge is 0.378 e. The van der Waals surface area contributed by atoms with Gasteiger partial charge in [0.2, 0.25) is 15.9 Å². The van der Waals surface area contributed by atoms with E-state index in [-0.39, 0.29) is 28.8 Å². The molecule has 8 nitrogen and oxygen atoms in total. The average molecular weight is 380 g/mol. The van der Waals surface area contributed by atoms with Gasteiger partial charge in [-0.2, -0.15) is 0 Å². The SMILES string of the molecule is Cc1noc(C)c1S(=O)(=O)NCC(=O)N(C)Cc1ccc(N(C)C)cc1. The van der Waals surface area contributed by atoms with E-state index in [1.165, 1.54) is 18.7 Å². The molecule has 1 aromatic heterocycles. The Kier molecular flexibility index (Phi) is 6.04. The third-order valence-corrected chi connectivity index (χ3v) is 5.59. The summed E-state index contributed by atoms with van der Waals surface area (Å²) in [5.41, 5.74) is 2.28. The molecule has 2 aromatic rings. The average Bonchev–Trinajstić information content (AvgIpc) is 2.92. The van der Waals surface area contributed by atoms with E-state index in [0.717, 1.165) is 11.3 Å². The first-order valence-electron chi connectivity index (χ1n) is 8.04. The monoisotopic (exact) mass is 380 g/mol. The molecule has 0 atom stereocenters. The van der Waals surface area contributed by atoms with Gasteiger partial charge < -0.3 is 14.3 Å². The van der Waals surface area contributed by atoms with Gasteiger partial charge in [-0.05, 0) is 31.5 Å². The normalized spacial score (nSPS) is 11.4. The lowest BCUT2D eigenvalue weighted by Gasteiger charge is -2.18. The van der Waals surface area contributed by atoms with Crippen LogP contribution in [0.3, 0.4) is 0 Å². The Morgan fingerprint density at radius 1 is 1.15 bits per heavy atom. The second kappa shape index (κ2) is 7.88. The summed E-state index contributed by atoms with van der Waals surface area (Å²) < 4.78 is 31.9. The van der Waals surface area contributed by atoms with Crippen LogP contribution >= 0.6 is 0 Å². The number of nitrogens with zero attached hydrogens (tertiary/aromatic N) is 3. The molecule has 0 fully saturated rings. The number of aryl methyl sites for hydroxylation is 2. The Morgan fingerprint density at radius 2 is 1.77 bits per heavy atom. The number of anilines is 1. The third-order valence-electron chi connectivity index (χ3n) is 3.95. The number of carbonyl (C=O) groups excluding carboxylic acids is 1. The maximum Gasteiger partial charge on any atom is 0.246 e. The smallest absolute Gasteiger partial charge is 0.246 e. The minimum absolute atomic E-state index is 0.0211. The first kappa shape index (κ1) is 19.9. The van der Waals surface area contributed by atoms with Gasteiger partial charge in [-0.3, -0.25) is 4.79 Å². The van der Waals surface area contributed by atoms with Gasteiger partial charge in [0, 0.05) is 33.4 Å². The highest BCUT2D eigenvalue weighted by atomic mass is 32.2. The molecule has 2 rings (SSSR count). The molecule has 9 heteroatoms. The van der Waals surface area contributed by atoms with Crippen LogP contribution in [0.2, 0.25) is 0 Å². The van der Waals surface area contributed by atoms with Crippen molar-refractivity contribution in [2.75, 3.05) is 32.6 Å². The highest BCUT2D eigenvalue weighted by Gasteiger charge is 2.25. The fraction of sp³-hybridized carbons (Fsp3) is 0.412. The van der Waals surface area contributed by atoms with Gasteiger partial charge in [0.25, 0.3) is 0 Å². The van der Waals surface area contributed by atoms with Gasteiger partial charge in [0.05, 0.1) is 6.54 Å². The lowest BCUT2D eigenvalue weighted by atomic mass is 10.2. The molecule has 142 valence electrons. The molecule has 1 heterocycles. The van der Waals surface area contributed by atoms with E-state index < -0.39 is 10.0 Å². The Morgan fingerprint density at radius 3 is 2.27 bits per heavy atom. The molecule has 1 aromatic carbocycles. The van der Waals surface area contributed by atoms with Gasteiger partial charge in [0.15, 0.2) is 5.76 Å². The molecule has 0 unspecified atom stereocenters. The van der Waals surface area contributed by atoms with E-state index in [1.54, 1.807) is 7.05 Å². The number of sulfonamides is 1. The second-order valence-electron chi connectivity index (χ2n) is 6.29. The number of hydrogen-bond donors (Lipinski definition) is 1. The van der Waals surface area contributed by atoms with Crippen molar-refractivity contribution in [2.24, 2.45) is 0 Å². The number of benzene rings is 1. The van der Waals surface area contributed by atoms with E-state index in [9.17, 15) is 13.2 Å².